The summed E-state index contributed by atoms with van der Waals surface area (Å²) in [7, 11) is 0. The molecular weight excluding hydrogens is 550 g/mol. The maximum Gasteiger partial charge on any atom is 0.207 e. The third-order valence-electron chi connectivity index (χ3n) is 7.71. The van der Waals surface area contributed by atoms with Crippen molar-refractivity contribution in [3.05, 3.63) is 0 Å². The number of aliphatic hydroxyl groups excluding tert-OH is 5. The van der Waals surface area contributed by atoms with E-state index in [0.717, 1.165) is 12.8 Å². The summed E-state index contributed by atoms with van der Waals surface area (Å²) < 4.78 is 34.7. The van der Waals surface area contributed by atoms with Crippen LogP contribution in [0.2, 0.25) is 0 Å². The molecule has 3 rings (SSSR count). The second-order valence-corrected chi connectivity index (χ2v) is 10.6. The van der Waals surface area contributed by atoms with Gasteiger partial charge in [-0.3, -0.25) is 9.59 Å². The van der Waals surface area contributed by atoms with Crippen molar-refractivity contribution in [3.8, 4) is 0 Å². The van der Waals surface area contributed by atoms with E-state index in [1.165, 1.54) is 0 Å². The van der Waals surface area contributed by atoms with Crippen LogP contribution in [-0.2, 0) is 38.0 Å². The Balaban J connectivity index is 1.78. The predicted octanol–water partition coefficient (Wildman–Crippen LogP) is -3.83. The first-order valence-electron chi connectivity index (χ1n) is 13.9. The normalized spacial score (nSPS) is 45.1. The van der Waals surface area contributed by atoms with Crippen molar-refractivity contribution in [2.75, 3.05) is 13.2 Å². The second kappa shape index (κ2) is 15.8. The molecule has 0 bridgehead atoms. The van der Waals surface area contributed by atoms with Gasteiger partial charge >= 0.3 is 0 Å². The number of rotatable bonds is 14. The van der Waals surface area contributed by atoms with Crippen LogP contribution in [0.4, 0.5) is 0 Å². The molecule has 0 aromatic heterocycles. The SMILES string of the molecule is C[C@H]1O[C@H](O[C@@H]2[C@H](O)[C@@H](O)O[C@H](C)[C@H]2NC=O)[C@@H](O[C@H]2O[C@H](C)[C@@H](OCCCCCN)[C@H](O)[C@@H]2O)[C@@H](O)[C@@H]1NC=O. The van der Waals surface area contributed by atoms with E-state index >= 15 is 0 Å². The third kappa shape index (κ3) is 8.10. The van der Waals surface area contributed by atoms with Crippen molar-refractivity contribution < 1.29 is 63.5 Å². The van der Waals surface area contributed by atoms with E-state index in [2.05, 4.69) is 10.6 Å². The molecule has 9 N–H and O–H groups in total. The van der Waals surface area contributed by atoms with Crippen molar-refractivity contribution in [1.82, 2.24) is 10.6 Å². The smallest absolute Gasteiger partial charge is 0.207 e. The maximum absolute atomic E-state index is 11.2. The van der Waals surface area contributed by atoms with Gasteiger partial charge < -0.3 is 70.3 Å². The molecule has 2 amide bonds. The fourth-order valence-electron chi connectivity index (χ4n) is 5.39. The van der Waals surface area contributed by atoms with Crippen LogP contribution in [0.5, 0.6) is 0 Å². The Labute approximate surface area is 238 Å². The zero-order chi connectivity index (χ0) is 30.3. The largest absolute Gasteiger partial charge is 0.388 e. The summed E-state index contributed by atoms with van der Waals surface area (Å²) in [5, 5.41) is 58.6. The molecule has 3 saturated heterocycles. The Hall–Kier alpha value is -1.54. The lowest BCUT2D eigenvalue weighted by atomic mass is 9.94. The van der Waals surface area contributed by atoms with Crippen LogP contribution in [0.15, 0.2) is 0 Å². The monoisotopic (exact) mass is 595 g/mol. The molecule has 0 saturated carbocycles. The Morgan fingerprint density at radius 3 is 1.95 bits per heavy atom. The summed E-state index contributed by atoms with van der Waals surface area (Å²) in [4.78, 5) is 22.5. The summed E-state index contributed by atoms with van der Waals surface area (Å²) >= 11 is 0. The number of nitrogens with one attached hydrogen (secondary N) is 2. The molecule has 0 aromatic rings. The average molecular weight is 596 g/mol. The van der Waals surface area contributed by atoms with E-state index in [4.69, 9.17) is 34.2 Å². The number of carbonyl (C=O) groups is 2. The molecule has 238 valence electrons. The highest BCUT2D eigenvalue weighted by Gasteiger charge is 2.53. The summed E-state index contributed by atoms with van der Waals surface area (Å²) in [5.41, 5.74) is 5.50. The molecule has 0 unspecified atom stereocenters. The van der Waals surface area contributed by atoms with Crippen molar-refractivity contribution in [2.45, 2.75) is 132 Å². The molecule has 41 heavy (non-hydrogen) atoms. The van der Waals surface area contributed by atoms with E-state index in [1.807, 2.05) is 0 Å². The number of ether oxygens (including phenoxy) is 6. The predicted molar refractivity (Wildman–Crippen MR) is 138 cm³/mol. The minimum Gasteiger partial charge on any atom is -0.388 e. The number of aliphatic hydroxyl groups is 5. The Kier molecular flexibility index (Phi) is 13.1. The molecule has 15 atom stereocenters. The minimum atomic E-state index is -1.65. The molecule has 3 aliphatic rings. The van der Waals surface area contributed by atoms with Gasteiger partial charge in [0.1, 0.15) is 42.7 Å². The topological polar surface area (TPSA) is 241 Å². The molecule has 0 spiro atoms. The number of unbranched alkanes of at least 4 members (excludes halogenated alkanes) is 2. The van der Waals surface area contributed by atoms with Gasteiger partial charge in [0, 0.05) is 6.61 Å². The van der Waals surface area contributed by atoms with Gasteiger partial charge in [0.2, 0.25) is 12.8 Å². The van der Waals surface area contributed by atoms with E-state index in [0.29, 0.717) is 32.4 Å². The summed E-state index contributed by atoms with van der Waals surface area (Å²) in [6.07, 6.45) is -13.5. The number of hydrogen-bond acceptors (Lipinski definition) is 14. The fraction of sp³-hybridized carbons (Fsp3) is 0.920. The zero-order valence-electron chi connectivity index (χ0n) is 23.4. The molecule has 16 heteroatoms. The molecule has 3 heterocycles. The molecule has 0 aliphatic carbocycles. The molecule has 16 nitrogen and oxygen atoms in total. The van der Waals surface area contributed by atoms with Gasteiger partial charge in [-0.1, -0.05) is 0 Å². The van der Waals surface area contributed by atoms with Crippen LogP contribution >= 0.6 is 0 Å². The average Bonchev–Trinajstić information content (AvgIpc) is 2.93. The summed E-state index contributed by atoms with van der Waals surface area (Å²) in [6, 6.07) is -1.91. The van der Waals surface area contributed by atoms with Gasteiger partial charge in [0.15, 0.2) is 18.9 Å². The van der Waals surface area contributed by atoms with E-state index in [9.17, 15) is 35.1 Å². The molecule has 0 aromatic carbocycles. The summed E-state index contributed by atoms with van der Waals surface area (Å²) in [6.45, 7) is 5.63. The second-order valence-electron chi connectivity index (χ2n) is 10.6. The molecule has 0 radical (unpaired) electrons. The van der Waals surface area contributed by atoms with E-state index in [-0.39, 0.29) is 0 Å². The van der Waals surface area contributed by atoms with Crippen molar-refractivity contribution in [1.29, 1.82) is 0 Å². The number of carbonyl (C=O) groups excluding carboxylic acids is 2. The first kappa shape index (κ1) is 34.0. The van der Waals surface area contributed by atoms with Gasteiger partial charge in [0.25, 0.3) is 0 Å². The lowest BCUT2D eigenvalue weighted by molar-refractivity contribution is -0.371. The lowest BCUT2D eigenvalue weighted by Crippen LogP contribution is -2.68. The van der Waals surface area contributed by atoms with Crippen LogP contribution in [-0.4, -0.2) is 143 Å². The Morgan fingerprint density at radius 2 is 1.29 bits per heavy atom. The highest BCUT2D eigenvalue weighted by Crippen LogP contribution is 2.33. The highest BCUT2D eigenvalue weighted by molar-refractivity contribution is 5.47. The zero-order valence-corrected chi connectivity index (χ0v) is 23.4. The summed E-state index contributed by atoms with van der Waals surface area (Å²) in [5.74, 6) is 0. The Bertz CT molecular complexity index is 815. The van der Waals surface area contributed by atoms with Gasteiger partial charge in [-0.25, -0.2) is 0 Å². The first-order chi connectivity index (χ1) is 19.5. The quantitative estimate of drug-likeness (QED) is 0.0709. The fourth-order valence-corrected chi connectivity index (χ4v) is 5.39. The number of amides is 2. The standard InChI is InChI=1S/C25H45N3O13/c1-11-14(27-9-29)16(31)22(25(38-11)40-21-15(28-10-30)12(2)37-23(35)19(21)34)41-24-18(33)17(32)20(13(3)39-24)36-8-6-4-5-7-26/h9-25,31-35H,4-8,26H2,1-3H3,(H,27,29)(H,28,30)/t11-,12-,13-,14-,15-,16+,17-,18+,19+,20-,21+,22+,23+,24-,25-/m1/s1. The molecular formula is C25H45N3O13. The van der Waals surface area contributed by atoms with Crippen LogP contribution in [0.3, 0.4) is 0 Å². The van der Waals surface area contributed by atoms with Crippen molar-refractivity contribution in [2.24, 2.45) is 5.73 Å². The lowest BCUT2D eigenvalue weighted by Gasteiger charge is -2.49. The van der Waals surface area contributed by atoms with Crippen LogP contribution < -0.4 is 16.4 Å². The van der Waals surface area contributed by atoms with Gasteiger partial charge in [-0.05, 0) is 46.6 Å². The van der Waals surface area contributed by atoms with E-state index < -0.39 is 92.0 Å². The third-order valence-corrected chi connectivity index (χ3v) is 7.71. The van der Waals surface area contributed by atoms with Gasteiger partial charge in [0.05, 0.1) is 30.4 Å². The van der Waals surface area contributed by atoms with E-state index in [1.54, 1.807) is 20.8 Å². The molecule has 3 fully saturated rings. The van der Waals surface area contributed by atoms with Crippen LogP contribution in [0.1, 0.15) is 40.0 Å². The van der Waals surface area contributed by atoms with Crippen LogP contribution in [0, 0.1) is 0 Å². The maximum atomic E-state index is 11.2. The minimum absolute atomic E-state index is 0.323. The number of hydrogen-bond donors (Lipinski definition) is 8. The Morgan fingerprint density at radius 1 is 0.683 bits per heavy atom. The van der Waals surface area contributed by atoms with Crippen LogP contribution in [0.25, 0.3) is 0 Å². The van der Waals surface area contributed by atoms with Gasteiger partial charge in [-0.15, -0.1) is 0 Å². The van der Waals surface area contributed by atoms with Gasteiger partial charge in [-0.2, -0.15) is 0 Å². The first-order valence-corrected chi connectivity index (χ1v) is 13.9. The van der Waals surface area contributed by atoms with Crippen molar-refractivity contribution in [3.63, 3.8) is 0 Å². The molecule has 3 aliphatic heterocycles. The highest BCUT2D eigenvalue weighted by atomic mass is 16.8. The number of nitrogens with two attached hydrogens (primary N) is 1. The van der Waals surface area contributed by atoms with Crippen molar-refractivity contribution >= 4 is 12.8 Å².